The van der Waals surface area contributed by atoms with Crippen molar-refractivity contribution in [1.29, 1.82) is 0 Å². The largest absolute Gasteiger partial charge is 0.352 e. The van der Waals surface area contributed by atoms with E-state index in [4.69, 9.17) is 0 Å². The Labute approximate surface area is 114 Å². The summed E-state index contributed by atoms with van der Waals surface area (Å²) >= 11 is 1.77. The highest BCUT2D eigenvalue weighted by Gasteiger charge is 2.15. The van der Waals surface area contributed by atoms with Crippen LogP contribution in [0.15, 0.2) is 12.1 Å². The van der Waals surface area contributed by atoms with E-state index in [-0.39, 0.29) is 11.9 Å². The fourth-order valence-corrected chi connectivity index (χ4v) is 2.59. The lowest BCUT2D eigenvalue weighted by molar-refractivity contribution is -0.123. The first kappa shape index (κ1) is 15.2. The third-order valence-corrected chi connectivity index (χ3v) is 4.10. The molecule has 0 radical (unpaired) electrons. The quantitative estimate of drug-likeness (QED) is 0.798. The zero-order valence-electron chi connectivity index (χ0n) is 11.7. The van der Waals surface area contributed by atoms with Gasteiger partial charge in [0.05, 0.1) is 6.04 Å². The average molecular weight is 268 g/mol. The maximum Gasteiger partial charge on any atom is 0.237 e. The van der Waals surface area contributed by atoms with Crippen molar-refractivity contribution in [2.45, 2.75) is 59.2 Å². The molecule has 0 aliphatic rings. The van der Waals surface area contributed by atoms with Crippen molar-refractivity contribution in [2.75, 3.05) is 0 Å². The number of hydrogen-bond donors (Lipinski definition) is 2. The predicted molar refractivity (Wildman–Crippen MR) is 77.9 cm³/mol. The first-order chi connectivity index (χ1) is 8.56. The highest BCUT2D eigenvalue weighted by atomic mass is 32.1. The summed E-state index contributed by atoms with van der Waals surface area (Å²) in [5, 5.41) is 6.32. The Balaban J connectivity index is 2.35. The normalized spacial score (nSPS) is 12.7. The Bertz CT molecular complexity index is 372. The van der Waals surface area contributed by atoms with Gasteiger partial charge < -0.3 is 10.6 Å². The molecule has 1 aromatic rings. The minimum Gasteiger partial charge on any atom is -0.352 e. The molecule has 0 aliphatic carbocycles. The summed E-state index contributed by atoms with van der Waals surface area (Å²) < 4.78 is 0. The summed E-state index contributed by atoms with van der Waals surface area (Å²) in [5.74, 6) is 0.0944. The van der Waals surface area contributed by atoms with Crippen LogP contribution in [0.3, 0.4) is 0 Å². The number of carbonyl (C=O) groups is 1. The Morgan fingerprint density at radius 1 is 1.33 bits per heavy atom. The Morgan fingerprint density at radius 2 is 2.00 bits per heavy atom. The monoisotopic (exact) mass is 268 g/mol. The number of aryl methyl sites for hydroxylation is 1. The molecule has 1 rings (SSSR count). The second-order valence-electron chi connectivity index (χ2n) is 4.64. The Hall–Kier alpha value is -0.870. The predicted octanol–water partition coefficient (Wildman–Crippen LogP) is 2.84. The van der Waals surface area contributed by atoms with Crippen LogP contribution >= 0.6 is 11.3 Å². The number of rotatable bonds is 7. The number of carbonyl (C=O) groups excluding carboxylic acids is 1. The zero-order chi connectivity index (χ0) is 13.5. The number of hydrogen-bond acceptors (Lipinski definition) is 3. The molecule has 1 atom stereocenters. The van der Waals surface area contributed by atoms with Gasteiger partial charge in [-0.05, 0) is 38.8 Å². The van der Waals surface area contributed by atoms with Crippen molar-refractivity contribution in [3.05, 3.63) is 21.9 Å². The van der Waals surface area contributed by atoms with Gasteiger partial charge in [0.1, 0.15) is 0 Å². The molecule has 1 amide bonds. The lowest BCUT2D eigenvalue weighted by atomic mass is 10.1. The minimum absolute atomic E-state index is 0.0944. The zero-order valence-corrected chi connectivity index (χ0v) is 12.6. The smallest absolute Gasteiger partial charge is 0.237 e. The van der Waals surface area contributed by atoms with Crippen LogP contribution in [0.2, 0.25) is 0 Å². The third-order valence-electron chi connectivity index (χ3n) is 3.10. The number of thiophene rings is 1. The van der Waals surface area contributed by atoms with Crippen LogP contribution < -0.4 is 10.6 Å². The number of nitrogens with one attached hydrogen (secondary N) is 2. The van der Waals surface area contributed by atoms with E-state index in [1.165, 1.54) is 9.75 Å². The molecule has 0 aliphatic heterocycles. The van der Waals surface area contributed by atoms with Gasteiger partial charge >= 0.3 is 0 Å². The van der Waals surface area contributed by atoms with E-state index in [1.807, 2.05) is 6.92 Å². The van der Waals surface area contributed by atoms with Crippen molar-refractivity contribution in [1.82, 2.24) is 10.6 Å². The summed E-state index contributed by atoms with van der Waals surface area (Å²) in [5.41, 5.74) is 0. The van der Waals surface area contributed by atoms with Gasteiger partial charge in [0.2, 0.25) is 5.91 Å². The molecule has 102 valence electrons. The van der Waals surface area contributed by atoms with Gasteiger partial charge in [0, 0.05) is 22.3 Å². The van der Waals surface area contributed by atoms with Crippen LogP contribution in [0.4, 0.5) is 0 Å². The average Bonchev–Trinajstić information content (AvgIpc) is 2.78. The minimum atomic E-state index is -0.145. The van der Waals surface area contributed by atoms with Crippen LogP contribution in [0.5, 0.6) is 0 Å². The van der Waals surface area contributed by atoms with E-state index < -0.39 is 0 Å². The topological polar surface area (TPSA) is 41.1 Å². The van der Waals surface area contributed by atoms with Gasteiger partial charge in [-0.1, -0.05) is 13.8 Å². The van der Waals surface area contributed by atoms with Crippen LogP contribution in [0.1, 0.15) is 43.4 Å². The highest BCUT2D eigenvalue weighted by molar-refractivity contribution is 7.11. The van der Waals surface area contributed by atoms with E-state index in [2.05, 4.69) is 43.5 Å². The molecule has 0 aromatic carbocycles. The Kier molecular flexibility index (Phi) is 6.36. The fourth-order valence-electron chi connectivity index (χ4n) is 1.75. The van der Waals surface area contributed by atoms with Crippen LogP contribution in [0.25, 0.3) is 0 Å². The molecule has 0 bridgehead atoms. The lowest BCUT2D eigenvalue weighted by Crippen LogP contribution is -2.45. The maximum absolute atomic E-state index is 11.9. The highest BCUT2D eigenvalue weighted by Crippen LogP contribution is 2.14. The van der Waals surface area contributed by atoms with Gasteiger partial charge in [-0.2, -0.15) is 0 Å². The summed E-state index contributed by atoms with van der Waals surface area (Å²) in [7, 11) is 0. The third kappa shape index (κ3) is 4.78. The molecule has 4 heteroatoms. The molecule has 0 fully saturated rings. The van der Waals surface area contributed by atoms with Gasteiger partial charge in [-0.15, -0.1) is 11.3 Å². The van der Waals surface area contributed by atoms with Gasteiger partial charge in [-0.3, -0.25) is 4.79 Å². The van der Waals surface area contributed by atoms with Crippen LogP contribution in [-0.2, 0) is 11.3 Å². The van der Waals surface area contributed by atoms with Crippen molar-refractivity contribution in [2.24, 2.45) is 0 Å². The molecular weight excluding hydrogens is 244 g/mol. The van der Waals surface area contributed by atoms with E-state index >= 15 is 0 Å². The van der Waals surface area contributed by atoms with Crippen molar-refractivity contribution < 1.29 is 4.79 Å². The molecule has 0 saturated carbocycles. The molecule has 2 N–H and O–H groups in total. The first-order valence-corrected chi connectivity index (χ1v) is 7.47. The standard InChI is InChI=1S/C14H24N2OS/c1-5-12(6-2)16-14(17)11(4)15-9-13-8-7-10(3)18-13/h7-8,11-12,15H,5-6,9H2,1-4H3,(H,16,17). The number of amides is 1. The van der Waals surface area contributed by atoms with Crippen LogP contribution in [0, 0.1) is 6.92 Å². The van der Waals surface area contributed by atoms with E-state index in [1.54, 1.807) is 11.3 Å². The molecular formula is C14H24N2OS. The van der Waals surface area contributed by atoms with E-state index in [9.17, 15) is 4.79 Å². The summed E-state index contributed by atoms with van der Waals surface area (Å²) in [6.07, 6.45) is 1.97. The molecule has 1 unspecified atom stereocenters. The molecule has 1 aromatic heterocycles. The maximum atomic E-state index is 11.9. The molecule has 0 spiro atoms. The van der Waals surface area contributed by atoms with Crippen LogP contribution in [-0.4, -0.2) is 18.0 Å². The Morgan fingerprint density at radius 3 is 2.50 bits per heavy atom. The van der Waals surface area contributed by atoms with Gasteiger partial charge in [-0.25, -0.2) is 0 Å². The summed E-state index contributed by atoms with van der Waals surface area (Å²) in [6.45, 7) is 8.97. The molecule has 3 nitrogen and oxygen atoms in total. The van der Waals surface area contributed by atoms with Crippen molar-refractivity contribution >= 4 is 17.2 Å². The van der Waals surface area contributed by atoms with Crippen molar-refractivity contribution in [3.8, 4) is 0 Å². The lowest BCUT2D eigenvalue weighted by Gasteiger charge is -2.19. The van der Waals surface area contributed by atoms with Crippen molar-refractivity contribution in [3.63, 3.8) is 0 Å². The SMILES string of the molecule is CCC(CC)NC(=O)C(C)NCc1ccc(C)s1. The van der Waals surface area contributed by atoms with E-state index in [0.717, 1.165) is 19.4 Å². The second-order valence-corrected chi connectivity index (χ2v) is 6.01. The summed E-state index contributed by atoms with van der Waals surface area (Å²) in [6, 6.07) is 4.37. The molecule has 0 saturated heterocycles. The molecule has 1 heterocycles. The van der Waals surface area contributed by atoms with Gasteiger partial charge in [0.15, 0.2) is 0 Å². The summed E-state index contributed by atoms with van der Waals surface area (Å²) in [4.78, 5) is 14.5. The first-order valence-electron chi connectivity index (χ1n) is 6.65. The second kappa shape index (κ2) is 7.54. The van der Waals surface area contributed by atoms with E-state index in [0.29, 0.717) is 6.04 Å². The van der Waals surface area contributed by atoms with Gasteiger partial charge in [0.25, 0.3) is 0 Å². The fraction of sp³-hybridized carbons (Fsp3) is 0.643. The molecule has 18 heavy (non-hydrogen) atoms.